The summed E-state index contributed by atoms with van der Waals surface area (Å²) in [6.45, 7) is 5.98. The molecular formula is C18H23N3O2S. The van der Waals surface area contributed by atoms with Gasteiger partial charge in [0.2, 0.25) is 0 Å². The van der Waals surface area contributed by atoms with Gasteiger partial charge in [0.25, 0.3) is 11.5 Å². The minimum Gasteiger partial charge on any atom is -0.337 e. The fraction of sp³-hybridized carbons (Fsp3) is 0.444. The standard InChI is InChI=1S/C18H23N3O2S/c1-14-4-5-16(17(22)19(14)2)18(23)21-8-3-7-20(9-10-21)12-15-6-11-24-13-15/h4-6,11,13H,3,7-10,12H2,1-2H3. The number of amides is 1. The highest BCUT2D eigenvalue weighted by Gasteiger charge is 2.22. The third-order valence-corrected chi connectivity index (χ3v) is 5.38. The number of carbonyl (C=O) groups is 1. The first-order chi connectivity index (χ1) is 11.6. The van der Waals surface area contributed by atoms with Crippen LogP contribution in [0.2, 0.25) is 0 Å². The van der Waals surface area contributed by atoms with Gasteiger partial charge in [-0.3, -0.25) is 14.5 Å². The van der Waals surface area contributed by atoms with E-state index < -0.39 is 0 Å². The highest BCUT2D eigenvalue weighted by atomic mass is 32.1. The summed E-state index contributed by atoms with van der Waals surface area (Å²) in [4.78, 5) is 29.3. The summed E-state index contributed by atoms with van der Waals surface area (Å²) in [5.41, 5.74) is 2.25. The molecule has 0 radical (unpaired) electrons. The SMILES string of the molecule is Cc1ccc(C(=O)N2CCCN(Cc3ccsc3)CC2)c(=O)n1C. The smallest absolute Gasteiger partial charge is 0.263 e. The van der Waals surface area contributed by atoms with Gasteiger partial charge in [-0.2, -0.15) is 11.3 Å². The van der Waals surface area contributed by atoms with Crippen LogP contribution in [0.1, 0.15) is 28.0 Å². The third-order valence-electron chi connectivity index (χ3n) is 4.65. The van der Waals surface area contributed by atoms with Crippen molar-refractivity contribution in [3.05, 3.63) is 56.1 Å². The van der Waals surface area contributed by atoms with E-state index in [2.05, 4.69) is 21.7 Å². The van der Waals surface area contributed by atoms with Crippen LogP contribution in [0.15, 0.2) is 33.8 Å². The molecule has 5 nitrogen and oxygen atoms in total. The molecule has 1 amide bonds. The van der Waals surface area contributed by atoms with Crippen molar-refractivity contribution in [3.63, 3.8) is 0 Å². The minimum atomic E-state index is -0.209. The molecule has 0 aliphatic carbocycles. The van der Waals surface area contributed by atoms with Gasteiger partial charge in [-0.25, -0.2) is 0 Å². The van der Waals surface area contributed by atoms with Crippen LogP contribution in [0.4, 0.5) is 0 Å². The van der Waals surface area contributed by atoms with Crippen LogP contribution in [-0.2, 0) is 13.6 Å². The number of rotatable bonds is 3. The molecule has 0 bridgehead atoms. The zero-order valence-electron chi connectivity index (χ0n) is 14.2. The summed E-state index contributed by atoms with van der Waals surface area (Å²) in [5, 5.41) is 4.26. The Morgan fingerprint density at radius 1 is 1.17 bits per heavy atom. The first kappa shape index (κ1) is 16.9. The van der Waals surface area contributed by atoms with Crippen LogP contribution in [0.3, 0.4) is 0 Å². The molecule has 3 rings (SSSR count). The Morgan fingerprint density at radius 3 is 2.75 bits per heavy atom. The predicted octanol–water partition coefficient (Wildman–Crippen LogP) is 2.10. The molecule has 0 spiro atoms. The van der Waals surface area contributed by atoms with Crippen LogP contribution in [0, 0.1) is 6.92 Å². The maximum atomic E-state index is 12.8. The van der Waals surface area contributed by atoms with Crippen molar-refractivity contribution in [1.82, 2.24) is 14.4 Å². The van der Waals surface area contributed by atoms with Crippen LogP contribution in [0.5, 0.6) is 0 Å². The fourth-order valence-corrected chi connectivity index (χ4v) is 3.69. The van der Waals surface area contributed by atoms with E-state index in [4.69, 9.17) is 0 Å². The summed E-state index contributed by atoms with van der Waals surface area (Å²) < 4.78 is 1.54. The van der Waals surface area contributed by atoms with E-state index >= 15 is 0 Å². The van der Waals surface area contributed by atoms with E-state index in [9.17, 15) is 9.59 Å². The van der Waals surface area contributed by atoms with E-state index in [1.54, 1.807) is 24.5 Å². The first-order valence-corrected chi connectivity index (χ1v) is 9.20. The second-order valence-electron chi connectivity index (χ2n) is 6.31. The number of pyridine rings is 1. The lowest BCUT2D eigenvalue weighted by atomic mass is 10.2. The maximum Gasteiger partial charge on any atom is 0.263 e. The molecule has 3 heterocycles. The zero-order chi connectivity index (χ0) is 17.1. The molecule has 1 aliphatic heterocycles. The van der Waals surface area contributed by atoms with E-state index in [1.165, 1.54) is 10.1 Å². The molecule has 0 aromatic carbocycles. The van der Waals surface area contributed by atoms with Gasteiger partial charge in [-0.05, 0) is 47.9 Å². The Labute approximate surface area is 146 Å². The first-order valence-electron chi connectivity index (χ1n) is 8.25. The molecule has 6 heteroatoms. The van der Waals surface area contributed by atoms with Gasteiger partial charge >= 0.3 is 0 Å². The topological polar surface area (TPSA) is 45.6 Å². The lowest BCUT2D eigenvalue weighted by Gasteiger charge is -2.22. The zero-order valence-corrected chi connectivity index (χ0v) is 15.0. The van der Waals surface area contributed by atoms with Gasteiger partial charge in [-0.1, -0.05) is 0 Å². The summed E-state index contributed by atoms with van der Waals surface area (Å²) in [6.07, 6.45) is 0.933. The van der Waals surface area contributed by atoms with Crippen LogP contribution in [-0.4, -0.2) is 46.5 Å². The normalized spacial score (nSPS) is 16.2. The maximum absolute atomic E-state index is 12.8. The largest absolute Gasteiger partial charge is 0.337 e. The molecule has 128 valence electrons. The highest BCUT2D eigenvalue weighted by Crippen LogP contribution is 2.13. The van der Waals surface area contributed by atoms with Gasteiger partial charge < -0.3 is 9.47 Å². The average Bonchev–Trinajstić information content (AvgIpc) is 2.97. The Morgan fingerprint density at radius 2 is 2.00 bits per heavy atom. The van der Waals surface area contributed by atoms with Crippen molar-refractivity contribution >= 4 is 17.2 Å². The van der Waals surface area contributed by atoms with Gasteiger partial charge in [0.1, 0.15) is 5.56 Å². The molecule has 0 N–H and O–H groups in total. The number of thiophene rings is 1. The van der Waals surface area contributed by atoms with Crippen molar-refractivity contribution in [3.8, 4) is 0 Å². The second kappa shape index (κ2) is 7.32. The monoisotopic (exact) mass is 345 g/mol. The summed E-state index contributed by atoms with van der Waals surface area (Å²) >= 11 is 1.71. The molecular weight excluding hydrogens is 322 g/mol. The Bertz CT molecular complexity index is 767. The van der Waals surface area contributed by atoms with Gasteiger partial charge in [0, 0.05) is 45.5 Å². The third kappa shape index (κ3) is 3.60. The predicted molar refractivity (Wildman–Crippen MR) is 96.5 cm³/mol. The van der Waals surface area contributed by atoms with Crippen molar-refractivity contribution in [2.24, 2.45) is 7.05 Å². The molecule has 24 heavy (non-hydrogen) atoms. The van der Waals surface area contributed by atoms with E-state index in [1.807, 2.05) is 17.9 Å². The van der Waals surface area contributed by atoms with Crippen molar-refractivity contribution in [1.29, 1.82) is 0 Å². The molecule has 1 fully saturated rings. The number of hydrogen-bond donors (Lipinski definition) is 0. The molecule has 1 aliphatic rings. The van der Waals surface area contributed by atoms with Crippen molar-refractivity contribution < 1.29 is 4.79 Å². The summed E-state index contributed by atoms with van der Waals surface area (Å²) in [6, 6.07) is 5.64. The minimum absolute atomic E-state index is 0.145. The highest BCUT2D eigenvalue weighted by molar-refractivity contribution is 7.07. The number of hydrogen-bond acceptors (Lipinski definition) is 4. The average molecular weight is 345 g/mol. The molecule has 0 unspecified atom stereocenters. The molecule has 2 aromatic heterocycles. The number of carbonyl (C=O) groups excluding carboxylic acids is 1. The molecule has 0 saturated carbocycles. The number of nitrogens with zero attached hydrogens (tertiary/aromatic N) is 3. The second-order valence-corrected chi connectivity index (χ2v) is 7.09. The Hall–Kier alpha value is -1.92. The van der Waals surface area contributed by atoms with Crippen LogP contribution in [0.25, 0.3) is 0 Å². The Kier molecular flexibility index (Phi) is 5.16. The van der Waals surface area contributed by atoms with Crippen LogP contribution >= 0.6 is 11.3 Å². The van der Waals surface area contributed by atoms with Crippen molar-refractivity contribution in [2.75, 3.05) is 26.2 Å². The summed E-state index contributed by atoms with van der Waals surface area (Å²) in [7, 11) is 1.71. The fourth-order valence-electron chi connectivity index (χ4n) is 3.03. The lowest BCUT2D eigenvalue weighted by Crippen LogP contribution is -2.38. The van der Waals surface area contributed by atoms with E-state index in [0.29, 0.717) is 13.1 Å². The Balaban J connectivity index is 1.68. The van der Waals surface area contributed by atoms with Crippen LogP contribution < -0.4 is 5.56 Å². The number of aromatic nitrogens is 1. The van der Waals surface area contributed by atoms with Crippen molar-refractivity contribution in [2.45, 2.75) is 19.9 Å². The molecule has 0 atom stereocenters. The van der Waals surface area contributed by atoms with Gasteiger partial charge in [0.15, 0.2) is 0 Å². The lowest BCUT2D eigenvalue weighted by molar-refractivity contribution is 0.0758. The summed E-state index contributed by atoms with van der Waals surface area (Å²) in [5.74, 6) is -0.145. The molecule has 1 saturated heterocycles. The van der Waals surface area contributed by atoms with E-state index in [-0.39, 0.29) is 17.0 Å². The van der Waals surface area contributed by atoms with E-state index in [0.717, 1.165) is 31.7 Å². The van der Waals surface area contributed by atoms with Gasteiger partial charge in [0.05, 0.1) is 0 Å². The quantitative estimate of drug-likeness (QED) is 0.856. The number of aryl methyl sites for hydroxylation is 1. The van der Waals surface area contributed by atoms with Gasteiger partial charge in [-0.15, -0.1) is 0 Å². The molecule has 2 aromatic rings.